The summed E-state index contributed by atoms with van der Waals surface area (Å²) in [5.74, 6) is -1.05. The molecule has 0 saturated heterocycles. The molecule has 2 aromatic rings. The summed E-state index contributed by atoms with van der Waals surface area (Å²) in [5.41, 5.74) is 1.85. The van der Waals surface area contributed by atoms with Crippen molar-refractivity contribution in [2.45, 2.75) is 6.92 Å². The van der Waals surface area contributed by atoms with Gasteiger partial charge >= 0.3 is 5.97 Å². The average Bonchev–Trinajstić information content (AvgIpc) is 2.81. The predicted octanol–water partition coefficient (Wildman–Crippen LogP) is 3.86. The maximum absolute atomic E-state index is 13.6. The van der Waals surface area contributed by atoms with E-state index in [-0.39, 0.29) is 18.0 Å². The van der Waals surface area contributed by atoms with Gasteiger partial charge in [0.1, 0.15) is 10.8 Å². The molecule has 1 aromatic carbocycles. The standard InChI is InChI=1S/C12H10ClFN2O2S/c1-2-18-12(17)10-11(19-6-15-10)16-9-4-3-7(13)5-8(9)14/h3-6,16H,2H2,1H3. The van der Waals surface area contributed by atoms with Crippen molar-refractivity contribution in [3.8, 4) is 0 Å². The van der Waals surface area contributed by atoms with Crippen molar-refractivity contribution in [3.63, 3.8) is 0 Å². The fourth-order valence-electron chi connectivity index (χ4n) is 1.39. The highest BCUT2D eigenvalue weighted by Gasteiger charge is 2.17. The fraction of sp³-hybridized carbons (Fsp3) is 0.167. The topological polar surface area (TPSA) is 51.2 Å². The summed E-state index contributed by atoms with van der Waals surface area (Å²) in [6.45, 7) is 1.96. The number of benzene rings is 1. The van der Waals surface area contributed by atoms with Crippen molar-refractivity contribution in [2.24, 2.45) is 0 Å². The minimum Gasteiger partial charge on any atom is -0.461 e. The van der Waals surface area contributed by atoms with E-state index in [1.54, 1.807) is 13.0 Å². The van der Waals surface area contributed by atoms with E-state index in [9.17, 15) is 9.18 Å². The van der Waals surface area contributed by atoms with E-state index in [1.807, 2.05) is 0 Å². The molecule has 0 aliphatic carbocycles. The number of carbonyl (C=O) groups excluding carboxylic acids is 1. The SMILES string of the molecule is CCOC(=O)c1ncsc1Nc1ccc(Cl)cc1F. The maximum Gasteiger partial charge on any atom is 0.360 e. The molecular weight excluding hydrogens is 291 g/mol. The first-order chi connectivity index (χ1) is 9.11. The number of esters is 1. The van der Waals surface area contributed by atoms with Crippen LogP contribution in [0.5, 0.6) is 0 Å². The van der Waals surface area contributed by atoms with Gasteiger partial charge in [0.15, 0.2) is 5.69 Å². The fourth-order valence-corrected chi connectivity index (χ4v) is 2.23. The van der Waals surface area contributed by atoms with Crippen LogP contribution in [0.2, 0.25) is 5.02 Å². The molecule has 100 valence electrons. The maximum atomic E-state index is 13.6. The third-order valence-corrected chi connectivity index (χ3v) is 3.19. The van der Waals surface area contributed by atoms with Crippen molar-refractivity contribution in [3.05, 3.63) is 40.2 Å². The van der Waals surface area contributed by atoms with Crippen LogP contribution in [-0.4, -0.2) is 17.6 Å². The van der Waals surface area contributed by atoms with Crippen LogP contribution in [0.1, 0.15) is 17.4 Å². The van der Waals surface area contributed by atoms with Crippen LogP contribution in [0.15, 0.2) is 23.7 Å². The zero-order valence-electron chi connectivity index (χ0n) is 9.94. The van der Waals surface area contributed by atoms with Crippen molar-refractivity contribution in [1.29, 1.82) is 0 Å². The van der Waals surface area contributed by atoms with E-state index >= 15 is 0 Å². The van der Waals surface area contributed by atoms with Gasteiger partial charge in [-0.25, -0.2) is 14.2 Å². The first-order valence-corrected chi connectivity index (χ1v) is 6.70. The van der Waals surface area contributed by atoms with E-state index in [4.69, 9.17) is 16.3 Å². The Bertz CT molecular complexity index is 603. The predicted molar refractivity (Wildman–Crippen MR) is 72.8 cm³/mol. The average molecular weight is 301 g/mol. The molecule has 1 aromatic heterocycles. The zero-order chi connectivity index (χ0) is 13.8. The molecule has 1 N–H and O–H groups in total. The van der Waals surface area contributed by atoms with Crippen LogP contribution < -0.4 is 5.32 Å². The summed E-state index contributed by atoms with van der Waals surface area (Å²) < 4.78 is 18.5. The molecule has 0 aliphatic rings. The number of carbonyl (C=O) groups is 1. The van der Waals surface area contributed by atoms with Gasteiger partial charge in [-0.05, 0) is 25.1 Å². The Morgan fingerprint density at radius 1 is 1.58 bits per heavy atom. The van der Waals surface area contributed by atoms with Crippen molar-refractivity contribution in [1.82, 2.24) is 4.98 Å². The van der Waals surface area contributed by atoms with Gasteiger partial charge in [-0.1, -0.05) is 11.6 Å². The third kappa shape index (κ3) is 3.21. The Labute approximate surface area is 118 Å². The molecule has 4 nitrogen and oxygen atoms in total. The van der Waals surface area contributed by atoms with Gasteiger partial charge in [0.2, 0.25) is 0 Å². The van der Waals surface area contributed by atoms with Crippen LogP contribution in [0.4, 0.5) is 15.1 Å². The van der Waals surface area contributed by atoms with Crippen molar-refractivity contribution in [2.75, 3.05) is 11.9 Å². The molecule has 0 aliphatic heterocycles. The minimum atomic E-state index is -0.541. The first kappa shape index (κ1) is 13.8. The van der Waals surface area contributed by atoms with Gasteiger partial charge in [-0.3, -0.25) is 0 Å². The summed E-state index contributed by atoms with van der Waals surface area (Å²) in [6.07, 6.45) is 0. The van der Waals surface area contributed by atoms with Gasteiger partial charge in [0, 0.05) is 5.02 Å². The number of rotatable bonds is 4. The van der Waals surface area contributed by atoms with Gasteiger partial charge in [-0.15, -0.1) is 11.3 Å². The van der Waals surface area contributed by atoms with E-state index < -0.39 is 11.8 Å². The summed E-state index contributed by atoms with van der Waals surface area (Å²) in [5, 5.41) is 3.54. The number of hydrogen-bond acceptors (Lipinski definition) is 5. The van der Waals surface area contributed by atoms with Crippen molar-refractivity contribution >= 4 is 39.6 Å². The monoisotopic (exact) mass is 300 g/mol. The first-order valence-electron chi connectivity index (χ1n) is 5.44. The lowest BCUT2D eigenvalue weighted by Gasteiger charge is -2.07. The van der Waals surface area contributed by atoms with E-state index in [2.05, 4.69) is 10.3 Å². The van der Waals surface area contributed by atoms with Crippen molar-refractivity contribution < 1.29 is 13.9 Å². The lowest BCUT2D eigenvalue weighted by molar-refractivity contribution is 0.0521. The van der Waals surface area contributed by atoms with E-state index in [0.717, 1.165) is 0 Å². The second-order valence-electron chi connectivity index (χ2n) is 3.50. The van der Waals surface area contributed by atoms with Gasteiger partial charge in [0.05, 0.1) is 17.8 Å². The molecule has 0 unspecified atom stereocenters. The summed E-state index contributed by atoms with van der Waals surface area (Å²) in [7, 11) is 0. The number of hydrogen-bond donors (Lipinski definition) is 1. The third-order valence-electron chi connectivity index (χ3n) is 2.22. The van der Waals surface area contributed by atoms with Crippen LogP contribution in [-0.2, 0) is 4.74 Å². The molecule has 0 fully saturated rings. The smallest absolute Gasteiger partial charge is 0.360 e. The van der Waals surface area contributed by atoms with E-state index in [1.165, 1.54) is 29.0 Å². The number of ether oxygens (including phenoxy) is 1. The molecule has 0 amide bonds. The molecule has 7 heteroatoms. The molecule has 0 bridgehead atoms. The summed E-state index contributed by atoms with van der Waals surface area (Å²) in [4.78, 5) is 15.5. The molecule has 19 heavy (non-hydrogen) atoms. The minimum absolute atomic E-state index is 0.140. The Morgan fingerprint density at radius 3 is 3.05 bits per heavy atom. The molecule has 1 heterocycles. The molecular formula is C12H10ClFN2O2S. The number of thiazole rings is 1. The summed E-state index contributed by atoms with van der Waals surface area (Å²) in [6, 6.07) is 4.24. The lowest BCUT2D eigenvalue weighted by atomic mass is 10.3. The largest absolute Gasteiger partial charge is 0.461 e. The normalized spacial score (nSPS) is 10.3. The summed E-state index contributed by atoms with van der Waals surface area (Å²) >= 11 is 6.86. The molecule has 0 saturated carbocycles. The lowest BCUT2D eigenvalue weighted by Crippen LogP contribution is -2.07. The number of halogens is 2. The Hall–Kier alpha value is -1.66. The number of nitrogens with zero attached hydrogens (tertiary/aromatic N) is 1. The highest BCUT2D eigenvalue weighted by atomic mass is 35.5. The zero-order valence-corrected chi connectivity index (χ0v) is 11.5. The van der Waals surface area contributed by atoms with Gasteiger partial charge in [-0.2, -0.15) is 0 Å². The second kappa shape index (κ2) is 5.99. The van der Waals surface area contributed by atoms with Crippen LogP contribution in [0, 0.1) is 5.82 Å². The highest BCUT2D eigenvalue weighted by Crippen LogP contribution is 2.28. The quantitative estimate of drug-likeness (QED) is 0.871. The number of anilines is 2. The van der Waals surface area contributed by atoms with Crippen LogP contribution in [0.3, 0.4) is 0 Å². The van der Waals surface area contributed by atoms with Gasteiger partial charge in [0.25, 0.3) is 0 Å². The number of nitrogens with one attached hydrogen (secondary N) is 1. The van der Waals surface area contributed by atoms with Gasteiger partial charge < -0.3 is 10.1 Å². The second-order valence-corrected chi connectivity index (χ2v) is 4.79. The molecule has 0 spiro atoms. The molecule has 0 radical (unpaired) electrons. The molecule has 0 atom stereocenters. The van der Waals surface area contributed by atoms with Crippen LogP contribution in [0.25, 0.3) is 0 Å². The Morgan fingerprint density at radius 2 is 2.37 bits per heavy atom. The number of aromatic nitrogens is 1. The van der Waals surface area contributed by atoms with Crippen LogP contribution >= 0.6 is 22.9 Å². The van der Waals surface area contributed by atoms with E-state index in [0.29, 0.717) is 10.0 Å². The highest BCUT2D eigenvalue weighted by molar-refractivity contribution is 7.14. The Balaban J connectivity index is 2.24. The Kier molecular flexibility index (Phi) is 4.34. The molecule has 2 rings (SSSR count).